The van der Waals surface area contributed by atoms with Gasteiger partial charge < -0.3 is 24.5 Å². The Balaban J connectivity index is 1.30. The van der Waals surface area contributed by atoms with Crippen LogP contribution in [0.4, 0.5) is 0 Å². The van der Waals surface area contributed by atoms with Crippen LogP contribution in [-0.2, 0) is 24.4 Å². The molecule has 3 heterocycles. The van der Waals surface area contributed by atoms with Crippen molar-refractivity contribution in [3.05, 3.63) is 52.7 Å². The quantitative estimate of drug-likeness (QED) is 0.469. The highest BCUT2D eigenvalue weighted by atomic mass is 16.5. The van der Waals surface area contributed by atoms with Crippen LogP contribution in [-0.4, -0.2) is 75.6 Å². The van der Waals surface area contributed by atoms with Gasteiger partial charge in [-0.15, -0.1) is 0 Å². The number of carbonyl (C=O) groups excluding carboxylic acids is 2. The zero-order valence-electron chi connectivity index (χ0n) is 20.9. The lowest BCUT2D eigenvalue weighted by Gasteiger charge is -2.26. The molecule has 36 heavy (non-hydrogen) atoms. The molecular formula is C27H33N5O4. The van der Waals surface area contributed by atoms with Crippen molar-refractivity contribution in [3.8, 4) is 11.5 Å². The number of likely N-dealkylation sites (tertiary alicyclic amines) is 1. The second-order valence-corrected chi connectivity index (χ2v) is 9.95. The van der Waals surface area contributed by atoms with Crippen LogP contribution in [0, 0.1) is 0 Å². The molecule has 190 valence electrons. The van der Waals surface area contributed by atoms with Crippen LogP contribution in [0.3, 0.4) is 0 Å². The number of aromatic amines is 1. The van der Waals surface area contributed by atoms with Crippen molar-refractivity contribution in [3.63, 3.8) is 0 Å². The number of phenols is 1. The standard InChI is InChI=1S/C27H33N5O4/c1-30(2)9-5-11-36-20-8-7-18-15-32(16-19(18)12-20)27(35)22-13-21-23(14-25(22)33)28-29-24(21)17-31-10-4-3-6-26(31)34/h7-8,12-14,33H,3-6,9-11,15-17H2,1-2H3,(H,28,29). The molecule has 2 aliphatic heterocycles. The average molecular weight is 492 g/mol. The number of benzene rings is 2. The summed E-state index contributed by atoms with van der Waals surface area (Å²) >= 11 is 0. The van der Waals surface area contributed by atoms with Gasteiger partial charge in [-0.3, -0.25) is 14.7 Å². The minimum atomic E-state index is -0.236. The largest absolute Gasteiger partial charge is 0.507 e. The Labute approximate surface area is 210 Å². The summed E-state index contributed by atoms with van der Waals surface area (Å²) in [6.07, 6.45) is 3.41. The van der Waals surface area contributed by atoms with E-state index in [1.54, 1.807) is 17.0 Å². The van der Waals surface area contributed by atoms with E-state index in [1.807, 2.05) is 37.2 Å². The van der Waals surface area contributed by atoms with Gasteiger partial charge >= 0.3 is 0 Å². The summed E-state index contributed by atoms with van der Waals surface area (Å²) in [6.45, 7) is 3.65. The second kappa shape index (κ2) is 10.2. The third-order valence-corrected chi connectivity index (χ3v) is 6.96. The number of ether oxygens (including phenoxy) is 1. The van der Waals surface area contributed by atoms with Gasteiger partial charge in [0.1, 0.15) is 11.5 Å². The molecule has 1 fully saturated rings. The van der Waals surface area contributed by atoms with Gasteiger partial charge in [-0.05, 0) is 62.7 Å². The molecule has 1 saturated heterocycles. The molecule has 0 saturated carbocycles. The zero-order chi connectivity index (χ0) is 25.2. The van der Waals surface area contributed by atoms with Crippen molar-refractivity contribution in [1.82, 2.24) is 24.9 Å². The smallest absolute Gasteiger partial charge is 0.258 e. The van der Waals surface area contributed by atoms with Gasteiger partial charge in [0.25, 0.3) is 5.91 Å². The number of piperidine rings is 1. The molecule has 9 nitrogen and oxygen atoms in total. The van der Waals surface area contributed by atoms with Gasteiger partial charge in [-0.25, -0.2) is 0 Å². The number of amides is 2. The van der Waals surface area contributed by atoms with Gasteiger partial charge in [0.15, 0.2) is 0 Å². The Morgan fingerprint density at radius 1 is 1.17 bits per heavy atom. The van der Waals surface area contributed by atoms with Crippen LogP contribution in [0.2, 0.25) is 0 Å². The lowest BCUT2D eigenvalue weighted by atomic mass is 10.1. The number of H-pyrrole nitrogens is 1. The maximum atomic E-state index is 13.4. The average Bonchev–Trinajstić information content (AvgIpc) is 3.45. The van der Waals surface area contributed by atoms with Crippen LogP contribution in [0.15, 0.2) is 30.3 Å². The molecule has 0 radical (unpaired) electrons. The Morgan fingerprint density at radius 2 is 2.00 bits per heavy atom. The van der Waals surface area contributed by atoms with Crippen LogP contribution in [0.25, 0.3) is 10.9 Å². The van der Waals surface area contributed by atoms with Crippen molar-refractivity contribution >= 4 is 22.7 Å². The SMILES string of the molecule is CN(C)CCCOc1ccc2c(c1)CN(C(=O)c1cc3c(CN4CCCCC4=O)n[nH]c3cc1O)C2. The first-order valence-corrected chi connectivity index (χ1v) is 12.6. The maximum Gasteiger partial charge on any atom is 0.258 e. The van der Waals surface area contributed by atoms with E-state index in [-0.39, 0.29) is 23.1 Å². The Morgan fingerprint density at radius 3 is 2.81 bits per heavy atom. The van der Waals surface area contributed by atoms with Gasteiger partial charge in [0, 0.05) is 44.1 Å². The van der Waals surface area contributed by atoms with E-state index in [1.165, 1.54) is 0 Å². The monoisotopic (exact) mass is 491 g/mol. The van der Waals surface area contributed by atoms with E-state index in [4.69, 9.17) is 4.74 Å². The number of phenolic OH excluding ortho intramolecular Hbond substituents is 1. The Kier molecular flexibility index (Phi) is 6.82. The van der Waals surface area contributed by atoms with Gasteiger partial charge in [0.05, 0.1) is 29.9 Å². The Hall–Kier alpha value is -3.59. The minimum absolute atomic E-state index is 0.0855. The summed E-state index contributed by atoms with van der Waals surface area (Å²) in [5.74, 6) is 0.614. The van der Waals surface area contributed by atoms with Gasteiger partial charge in [-0.2, -0.15) is 5.10 Å². The fourth-order valence-electron chi connectivity index (χ4n) is 4.95. The lowest BCUT2D eigenvalue weighted by Crippen LogP contribution is -2.34. The summed E-state index contributed by atoms with van der Waals surface area (Å²) in [5.41, 5.74) is 3.72. The lowest BCUT2D eigenvalue weighted by molar-refractivity contribution is -0.133. The third kappa shape index (κ3) is 5.02. The van der Waals surface area contributed by atoms with E-state index < -0.39 is 0 Å². The highest BCUT2D eigenvalue weighted by Gasteiger charge is 2.28. The summed E-state index contributed by atoms with van der Waals surface area (Å²) in [6, 6.07) is 9.20. The first-order chi connectivity index (χ1) is 17.4. The van der Waals surface area contributed by atoms with Crippen molar-refractivity contribution in [2.75, 3.05) is 33.8 Å². The number of aromatic hydroxyl groups is 1. The molecular weight excluding hydrogens is 458 g/mol. The number of hydrogen-bond acceptors (Lipinski definition) is 6. The minimum Gasteiger partial charge on any atom is -0.507 e. The number of fused-ring (bicyclic) bond motifs is 2. The number of rotatable bonds is 8. The molecule has 0 spiro atoms. The second-order valence-electron chi connectivity index (χ2n) is 9.95. The van der Waals surface area contributed by atoms with Gasteiger partial charge in [-0.1, -0.05) is 6.07 Å². The molecule has 0 bridgehead atoms. The predicted molar refractivity (Wildman–Crippen MR) is 136 cm³/mol. The van der Waals surface area contributed by atoms with E-state index in [0.717, 1.165) is 48.1 Å². The van der Waals surface area contributed by atoms with Crippen molar-refractivity contribution in [1.29, 1.82) is 0 Å². The summed E-state index contributed by atoms with van der Waals surface area (Å²) in [5, 5.41) is 18.7. The highest BCUT2D eigenvalue weighted by molar-refractivity contribution is 6.01. The predicted octanol–water partition coefficient (Wildman–Crippen LogP) is 3.27. The molecule has 2 N–H and O–H groups in total. The highest BCUT2D eigenvalue weighted by Crippen LogP contribution is 2.32. The number of carbonyl (C=O) groups is 2. The molecule has 3 aromatic rings. The molecule has 2 aromatic carbocycles. The molecule has 0 aliphatic carbocycles. The van der Waals surface area contributed by atoms with E-state index in [2.05, 4.69) is 15.1 Å². The summed E-state index contributed by atoms with van der Waals surface area (Å²) in [4.78, 5) is 31.4. The van der Waals surface area contributed by atoms with Gasteiger partial charge in [0.2, 0.25) is 5.91 Å². The Bertz CT molecular complexity index is 1280. The van der Waals surface area contributed by atoms with E-state index >= 15 is 0 Å². The number of aromatic nitrogens is 2. The van der Waals surface area contributed by atoms with Crippen molar-refractivity contribution < 1.29 is 19.4 Å². The molecule has 1 aromatic heterocycles. The topological polar surface area (TPSA) is 102 Å². The number of nitrogens with one attached hydrogen (secondary N) is 1. The fourth-order valence-corrected chi connectivity index (χ4v) is 4.95. The molecule has 9 heteroatoms. The molecule has 2 aliphatic rings. The summed E-state index contributed by atoms with van der Waals surface area (Å²) in [7, 11) is 4.08. The van der Waals surface area contributed by atoms with Crippen LogP contribution in [0.5, 0.6) is 11.5 Å². The van der Waals surface area contributed by atoms with E-state index in [0.29, 0.717) is 50.4 Å². The molecule has 0 atom stereocenters. The third-order valence-electron chi connectivity index (χ3n) is 6.96. The van der Waals surface area contributed by atoms with Crippen LogP contribution >= 0.6 is 0 Å². The first-order valence-electron chi connectivity index (χ1n) is 12.6. The first kappa shape index (κ1) is 24.1. The molecule has 5 rings (SSSR count). The number of hydrogen-bond donors (Lipinski definition) is 2. The maximum absolute atomic E-state index is 13.4. The van der Waals surface area contributed by atoms with Crippen molar-refractivity contribution in [2.45, 2.75) is 45.3 Å². The van der Waals surface area contributed by atoms with E-state index in [9.17, 15) is 14.7 Å². The fraction of sp³-hybridized carbons (Fsp3) is 0.444. The molecule has 2 amide bonds. The zero-order valence-corrected chi connectivity index (χ0v) is 20.9. The van der Waals surface area contributed by atoms with Crippen LogP contribution in [0.1, 0.15) is 52.9 Å². The number of nitrogens with zero attached hydrogens (tertiary/aromatic N) is 4. The van der Waals surface area contributed by atoms with Crippen molar-refractivity contribution in [2.24, 2.45) is 0 Å². The summed E-state index contributed by atoms with van der Waals surface area (Å²) < 4.78 is 5.90. The van der Waals surface area contributed by atoms with Crippen LogP contribution < -0.4 is 4.74 Å². The normalized spacial score (nSPS) is 15.7. The molecule has 0 unspecified atom stereocenters.